The zero-order chi connectivity index (χ0) is 18.9. The highest BCUT2D eigenvalue weighted by Crippen LogP contribution is 2.42. The predicted molar refractivity (Wildman–Crippen MR) is 100 cm³/mol. The molecule has 2 fully saturated rings. The molecule has 0 aliphatic carbocycles. The van der Waals surface area contributed by atoms with Gasteiger partial charge < -0.3 is 9.80 Å². The van der Waals surface area contributed by atoms with Gasteiger partial charge in [0.2, 0.25) is 5.91 Å². The summed E-state index contributed by atoms with van der Waals surface area (Å²) in [5, 5.41) is 0. The number of halogens is 1. The normalized spacial score (nSPS) is 18.9. The molecule has 0 bridgehead atoms. The standard InChI is InChI=1S/C22H23FN2O2/c23-19-8-6-17(7-9-19)16-25-15-12-22(21(25)27)10-13-24(14-11-22)20(26)18-4-2-1-3-5-18/h1-9H,10-16H2. The molecule has 4 rings (SSSR count). The van der Waals surface area contributed by atoms with Gasteiger partial charge in [0.15, 0.2) is 0 Å². The van der Waals surface area contributed by atoms with Crippen LogP contribution in [0.1, 0.15) is 35.2 Å². The van der Waals surface area contributed by atoms with Gasteiger partial charge in [0.05, 0.1) is 5.41 Å². The Morgan fingerprint density at radius 1 is 0.926 bits per heavy atom. The first-order chi connectivity index (χ1) is 13.1. The molecular formula is C22H23FN2O2. The Morgan fingerprint density at radius 3 is 2.22 bits per heavy atom. The number of carbonyl (C=O) groups is 2. The molecular weight excluding hydrogens is 343 g/mol. The maximum Gasteiger partial charge on any atom is 0.253 e. The summed E-state index contributed by atoms with van der Waals surface area (Å²) >= 11 is 0. The molecule has 2 amide bonds. The van der Waals surface area contributed by atoms with E-state index in [4.69, 9.17) is 0 Å². The van der Waals surface area contributed by atoms with E-state index in [-0.39, 0.29) is 23.0 Å². The summed E-state index contributed by atoms with van der Waals surface area (Å²) in [6.07, 6.45) is 2.26. The van der Waals surface area contributed by atoms with Gasteiger partial charge in [-0.3, -0.25) is 9.59 Å². The molecule has 4 nitrogen and oxygen atoms in total. The van der Waals surface area contributed by atoms with Crippen LogP contribution in [0.15, 0.2) is 54.6 Å². The van der Waals surface area contributed by atoms with Gasteiger partial charge in [-0.1, -0.05) is 30.3 Å². The first-order valence-corrected chi connectivity index (χ1v) is 9.46. The highest BCUT2D eigenvalue weighted by atomic mass is 19.1. The number of amides is 2. The lowest BCUT2D eigenvalue weighted by Crippen LogP contribution is -2.46. The molecule has 1 spiro atoms. The number of piperidine rings is 1. The molecule has 2 heterocycles. The van der Waals surface area contributed by atoms with Crippen molar-refractivity contribution in [2.75, 3.05) is 19.6 Å². The number of benzene rings is 2. The van der Waals surface area contributed by atoms with Crippen LogP contribution >= 0.6 is 0 Å². The third-order valence-corrected chi connectivity index (χ3v) is 5.92. The van der Waals surface area contributed by atoms with Crippen LogP contribution in [0.25, 0.3) is 0 Å². The van der Waals surface area contributed by atoms with Crippen molar-refractivity contribution in [1.82, 2.24) is 9.80 Å². The summed E-state index contributed by atoms with van der Waals surface area (Å²) in [5.41, 5.74) is 1.30. The van der Waals surface area contributed by atoms with E-state index in [1.165, 1.54) is 12.1 Å². The molecule has 2 saturated heterocycles. The minimum atomic E-state index is -0.340. The smallest absolute Gasteiger partial charge is 0.253 e. The Hall–Kier alpha value is -2.69. The van der Waals surface area contributed by atoms with Crippen LogP contribution in [0.4, 0.5) is 4.39 Å². The van der Waals surface area contributed by atoms with E-state index < -0.39 is 0 Å². The van der Waals surface area contributed by atoms with Gasteiger partial charge in [-0.15, -0.1) is 0 Å². The SMILES string of the molecule is O=C(c1ccccc1)N1CCC2(CC1)CCN(Cc1ccc(F)cc1)C2=O. The first-order valence-electron chi connectivity index (χ1n) is 9.46. The van der Waals surface area contributed by atoms with Crippen molar-refractivity contribution in [2.45, 2.75) is 25.8 Å². The summed E-state index contributed by atoms with van der Waals surface area (Å²) in [4.78, 5) is 29.4. The van der Waals surface area contributed by atoms with Crippen LogP contribution in [-0.2, 0) is 11.3 Å². The number of rotatable bonds is 3. The topological polar surface area (TPSA) is 40.6 Å². The van der Waals surface area contributed by atoms with Gasteiger partial charge in [-0.2, -0.15) is 0 Å². The van der Waals surface area contributed by atoms with Crippen molar-refractivity contribution >= 4 is 11.8 Å². The van der Waals surface area contributed by atoms with Crippen LogP contribution in [0.5, 0.6) is 0 Å². The second-order valence-electron chi connectivity index (χ2n) is 7.54. The van der Waals surface area contributed by atoms with Crippen LogP contribution in [0.3, 0.4) is 0 Å². The lowest BCUT2D eigenvalue weighted by atomic mass is 9.77. The van der Waals surface area contributed by atoms with Gasteiger partial charge in [0.25, 0.3) is 5.91 Å². The van der Waals surface area contributed by atoms with E-state index >= 15 is 0 Å². The fraction of sp³-hybridized carbons (Fsp3) is 0.364. The lowest BCUT2D eigenvalue weighted by molar-refractivity contribution is -0.138. The first kappa shape index (κ1) is 17.7. The molecule has 0 N–H and O–H groups in total. The third kappa shape index (κ3) is 3.46. The Labute approximate surface area is 158 Å². The molecule has 0 unspecified atom stereocenters. The van der Waals surface area contributed by atoms with Crippen LogP contribution < -0.4 is 0 Å². The quantitative estimate of drug-likeness (QED) is 0.834. The predicted octanol–water partition coefficient (Wildman–Crippen LogP) is 3.48. The monoisotopic (exact) mass is 366 g/mol. The molecule has 0 radical (unpaired) electrons. The Balaban J connectivity index is 1.39. The number of hydrogen-bond acceptors (Lipinski definition) is 2. The molecule has 140 valence electrons. The minimum absolute atomic E-state index is 0.0408. The largest absolute Gasteiger partial charge is 0.339 e. The van der Waals surface area contributed by atoms with Crippen LogP contribution in [0.2, 0.25) is 0 Å². The summed E-state index contributed by atoms with van der Waals surface area (Å²) in [5.74, 6) is -0.0453. The molecule has 2 aromatic rings. The zero-order valence-electron chi connectivity index (χ0n) is 15.2. The molecule has 0 saturated carbocycles. The van der Waals surface area contributed by atoms with Crippen molar-refractivity contribution in [3.63, 3.8) is 0 Å². The average molecular weight is 366 g/mol. The van der Waals surface area contributed by atoms with E-state index in [0.29, 0.717) is 38.0 Å². The molecule has 2 aromatic carbocycles. The highest BCUT2D eigenvalue weighted by molar-refractivity contribution is 5.94. The Kier molecular flexibility index (Phi) is 4.68. The number of likely N-dealkylation sites (tertiary alicyclic amines) is 2. The number of carbonyl (C=O) groups excluding carboxylic acids is 2. The van der Waals surface area contributed by atoms with E-state index in [0.717, 1.165) is 18.5 Å². The Morgan fingerprint density at radius 2 is 1.56 bits per heavy atom. The van der Waals surface area contributed by atoms with Crippen molar-refractivity contribution in [3.05, 3.63) is 71.5 Å². The van der Waals surface area contributed by atoms with Crippen LogP contribution in [-0.4, -0.2) is 41.2 Å². The molecule has 5 heteroatoms. The summed E-state index contributed by atoms with van der Waals surface area (Å²) in [6, 6.07) is 15.6. The van der Waals surface area contributed by atoms with Gasteiger partial charge in [-0.25, -0.2) is 4.39 Å². The van der Waals surface area contributed by atoms with E-state index in [9.17, 15) is 14.0 Å². The Bertz CT molecular complexity index is 827. The maximum absolute atomic E-state index is 13.1. The lowest BCUT2D eigenvalue weighted by Gasteiger charge is -2.38. The van der Waals surface area contributed by atoms with Crippen molar-refractivity contribution < 1.29 is 14.0 Å². The van der Waals surface area contributed by atoms with Crippen molar-refractivity contribution in [1.29, 1.82) is 0 Å². The second-order valence-corrected chi connectivity index (χ2v) is 7.54. The molecule has 2 aliphatic rings. The average Bonchev–Trinajstić information content (AvgIpc) is 3.00. The van der Waals surface area contributed by atoms with E-state index in [2.05, 4.69) is 0 Å². The van der Waals surface area contributed by atoms with Crippen LogP contribution in [0, 0.1) is 11.2 Å². The maximum atomic E-state index is 13.1. The van der Waals surface area contributed by atoms with E-state index in [1.54, 1.807) is 12.1 Å². The zero-order valence-corrected chi connectivity index (χ0v) is 15.2. The van der Waals surface area contributed by atoms with Gasteiger partial charge in [-0.05, 0) is 49.1 Å². The van der Waals surface area contributed by atoms with Gasteiger partial charge in [0.1, 0.15) is 5.82 Å². The molecule has 2 aliphatic heterocycles. The summed E-state index contributed by atoms with van der Waals surface area (Å²) < 4.78 is 13.1. The third-order valence-electron chi connectivity index (χ3n) is 5.92. The molecule has 27 heavy (non-hydrogen) atoms. The number of nitrogens with zero attached hydrogens (tertiary/aromatic N) is 2. The summed E-state index contributed by atoms with van der Waals surface area (Å²) in [7, 11) is 0. The molecule has 0 atom stereocenters. The highest BCUT2D eigenvalue weighted by Gasteiger charge is 2.48. The fourth-order valence-corrected chi connectivity index (χ4v) is 4.22. The summed E-state index contributed by atoms with van der Waals surface area (Å²) in [6.45, 7) is 2.48. The van der Waals surface area contributed by atoms with Crippen molar-refractivity contribution in [3.8, 4) is 0 Å². The second kappa shape index (κ2) is 7.14. The van der Waals surface area contributed by atoms with E-state index in [1.807, 2.05) is 40.1 Å². The fourth-order valence-electron chi connectivity index (χ4n) is 4.22. The minimum Gasteiger partial charge on any atom is -0.339 e. The molecule has 0 aromatic heterocycles. The van der Waals surface area contributed by atoms with Gasteiger partial charge >= 0.3 is 0 Å². The van der Waals surface area contributed by atoms with Gasteiger partial charge in [0, 0.05) is 31.7 Å². The number of hydrogen-bond donors (Lipinski definition) is 0. The van der Waals surface area contributed by atoms with Crippen molar-refractivity contribution in [2.24, 2.45) is 5.41 Å².